The van der Waals surface area contributed by atoms with E-state index >= 15 is 0 Å². The summed E-state index contributed by atoms with van der Waals surface area (Å²) >= 11 is 0. The minimum absolute atomic E-state index is 0.205. The molecule has 0 aromatic heterocycles. The van der Waals surface area contributed by atoms with Crippen molar-refractivity contribution in [1.82, 2.24) is 4.72 Å². The third kappa shape index (κ3) is 4.01. The van der Waals surface area contributed by atoms with Crippen LogP contribution in [0.4, 0.5) is 0 Å². The number of nitrogens with one attached hydrogen (secondary N) is 1. The molecule has 0 saturated carbocycles. The van der Waals surface area contributed by atoms with Crippen LogP contribution in [0.1, 0.15) is 13.8 Å². The molecule has 1 unspecified atom stereocenters. The number of sulfonamides is 1. The first kappa shape index (κ1) is 11.8. The molecule has 0 spiro atoms. The van der Waals surface area contributed by atoms with Gasteiger partial charge in [0.15, 0.2) is 0 Å². The average molecular weight is 196 g/mol. The summed E-state index contributed by atoms with van der Waals surface area (Å²) in [6.45, 7) is 3.56. The Kier molecular flexibility index (Phi) is 3.64. The van der Waals surface area contributed by atoms with Crippen molar-refractivity contribution >= 4 is 10.0 Å². The lowest BCUT2D eigenvalue weighted by atomic mass is 9.92. The number of nitrogens with two attached hydrogens (primary N) is 1. The van der Waals surface area contributed by atoms with E-state index < -0.39 is 21.7 Å². The smallest absolute Gasteiger partial charge is 0.210 e. The number of aliphatic hydroxyl groups is 1. The van der Waals surface area contributed by atoms with Gasteiger partial charge in [0, 0.05) is 12.0 Å². The molecule has 0 aliphatic heterocycles. The van der Waals surface area contributed by atoms with Crippen LogP contribution in [0.25, 0.3) is 0 Å². The molecule has 4 N–H and O–H groups in total. The second-order valence-corrected chi connectivity index (χ2v) is 5.27. The van der Waals surface area contributed by atoms with Crippen molar-refractivity contribution in [3.63, 3.8) is 0 Å². The quantitative estimate of drug-likeness (QED) is 0.494. The number of hydrogen-bond donors (Lipinski definition) is 3. The maximum atomic E-state index is 10.7. The molecule has 0 aliphatic carbocycles. The highest BCUT2D eigenvalue weighted by molar-refractivity contribution is 7.88. The highest BCUT2D eigenvalue weighted by Crippen LogP contribution is 2.16. The predicted octanol–water partition coefficient (Wildman–Crippen LogP) is -1.16. The lowest BCUT2D eigenvalue weighted by Gasteiger charge is -2.28. The molecule has 0 aromatic carbocycles. The fraction of sp³-hybridized carbons (Fsp3) is 1.00. The Morgan fingerprint density at radius 1 is 1.58 bits per heavy atom. The maximum Gasteiger partial charge on any atom is 0.210 e. The van der Waals surface area contributed by atoms with Gasteiger partial charge in [0.2, 0.25) is 10.0 Å². The fourth-order valence-corrected chi connectivity index (χ4v) is 1.20. The molecule has 0 bridgehead atoms. The summed E-state index contributed by atoms with van der Waals surface area (Å²) in [4.78, 5) is 0. The average Bonchev–Trinajstić information content (AvgIpc) is 1.84. The van der Waals surface area contributed by atoms with E-state index in [1.165, 1.54) is 0 Å². The first-order valence-electron chi connectivity index (χ1n) is 3.54. The molecule has 0 saturated heterocycles. The Hall–Kier alpha value is -0.170. The molecule has 74 valence electrons. The summed E-state index contributed by atoms with van der Waals surface area (Å²) in [6, 6.07) is 0. The zero-order valence-electron chi connectivity index (χ0n) is 7.53. The first-order valence-corrected chi connectivity index (χ1v) is 5.43. The van der Waals surface area contributed by atoms with E-state index in [2.05, 4.69) is 4.72 Å². The molecule has 1 atom stereocenters. The molecule has 0 aliphatic rings. The molecule has 0 radical (unpaired) electrons. The van der Waals surface area contributed by atoms with E-state index in [9.17, 15) is 13.5 Å². The fourth-order valence-electron chi connectivity index (χ4n) is 0.474. The van der Waals surface area contributed by atoms with Crippen LogP contribution < -0.4 is 10.5 Å². The largest absolute Gasteiger partial charge is 0.377 e. The second kappa shape index (κ2) is 3.69. The Labute approximate surface area is 73.0 Å². The molecular formula is C6H16N2O3S. The van der Waals surface area contributed by atoms with Crippen LogP contribution in [0.2, 0.25) is 0 Å². The van der Waals surface area contributed by atoms with Gasteiger partial charge in [-0.1, -0.05) is 13.8 Å². The molecule has 0 heterocycles. The van der Waals surface area contributed by atoms with Gasteiger partial charge < -0.3 is 10.8 Å². The van der Waals surface area contributed by atoms with Gasteiger partial charge in [0.1, 0.15) is 6.23 Å². The monoisotopic (exact) mass is 196 g/mol. The van der Waals surface area contributed by atoms with Crippen molar-refractivity contribution in [2.75, 3.05) is 12.8 Å². The Morgan fingerprint density at radius 3 is 2.25 bits per heavy atom. The van der Waals surface area contributed by atoms with Crippen molar-refractivity contribution in [2.45, 2.75) is 20.1 Å². The maximum absolute atomic E-state index is 10.7. The highest BCUT2D eigenvalue weighted by atomic mass is 32.2. The van der Waals surface area contributed by atoms with E-state index in [4.69, 9.17) is 5.73 Å². The number of hydrogen-bond acceptors (Lipinski definition) is 4. The van der Waals surface area contributed by atoms with Gasteiger partial charge in [0.25, 0.3) is 0 Å². The van der Waals surface area contributed by atoms with E-state index in [-0.39, 0.29) is 6.54 Å². The zero-order chi connectivity index (χ0) is 9.99. The molecule has 12 heavy (non-hydrogen) atoms. The minimum atomic E-state index is -3.37. The summed E-state index contributed by atoms with van der Waals surface area (Å²) < 4.78 is 23.4. The van der Waals surface area contributed by atoms with Crippen molar-refractivity contribution in [3.05, 3.63) is 0 Å². The summed E-state index contributed by atoms with van der Waals surface area (Å²) in [6.07, 6.45) is -0.152. The van der Waals surface area contributed by atoms with Crippen molar-refractivity contribution in [2.24, 2.45) is 11.1 Å². The summed E-state index contributed by atoms with van der Waals surface area (Å²) in [5.74, 6) is 0. The second-order valence-electron chi connectivity index (χ2n) is 3.49. The molecule has 0 amide bonds. The van der Waals surface area contributed by atoms with Crippen molar-refractivity contribution in [3.8, 4) is 0 Å². The van der Waals surface area contributed by atoms with Gasteiger partial charge >= 0.3 is 0 Å². The van der Waals surface area contributed by atoms with Crippen molar-refractivity contribution in [1.29, 1.82) is 0 Å². The highest BCUT2D eigenvalue weighted by Gasteiger charge is 2.28. The SMILES string of the molecule is CC(C)(CN)C(O)NS(C)(=O)=O. The van der Waals surface area contributed by atoms with Crippen LogP contribution in [-0.4, -0.2) is 32.6 Å². The third-order valence-electron chi connectivity index (χ3n) is 1.59. The van der Waals surface area contributed by atoms with Crippen LogP contribution in [0, 0.1) is 5.41 Å². The summed E-state index contributed by atoms with van der Waals surface area (Å²) in [7, 11) is -3.37. The van der Waals surface area contributed by atoms with E-state index in [0.717, 1.165) is 6.26 Å². The van der Waals surface area contributed by atoms with E-state index in [0.29, 0.717) is 0 Å². The molecular weight excluding hydrogens is 180 g/mol. The van der Waals surface area contributed by atoms with Gasteiger partial charge in [-0.05, 0) is 0 Å². The molecule has 5 nitrogen and oxygen atoms in total. The van der Waals surface area contributed by atoms with E-state index in [1.807, 2.05) is 0 Å². The molecule has 0 fully saturated rings. The lowest BCUT2D eigenvalue weighted by molar-refractivity contribution is 0.0472. The number of aliphatic hydroxyl groups excluding tert-OH is 1. The van der Waals surface area contributed by atoms with Gasteiger partial charge in [-0.2, -0.15) is 4.72 Å². The summed E-state index contributed by atoms with van der Waals surface area (Å²) in [5, 5.41) is 9.34. The van der Waals surface area contributed by atoms with Crippen LogP contribution in [0.15, 0.2) is 0 Å². The zero-order valence-corrected chi connectivity index (χ0v) is 8.35. The normalized spacial score (nSPS) is 16.1. The van der Waals surface area contributed by atoms with Gasteiger partial charge in [-0.25, -0.2) is 8.42 Å². The van der Waals surface area contributed by atoms with Gasteiger partial charge in [-0.15, -0.1) is 0 Å². The Morgan fingerprint density at radius 2 is 2.00 bits per heavy atom. The Balaban J connectivity index is 4.32. The molecule has 6 heteroatoms. The van der Waals surface area contributed by atoms with Crippen LogP contribution in [-0.2, 0) is 10.0 Å². The minimum Gasteiger partial charge on any atom is -0.377 e. The standard InChI is InChI=1S/C6H16N2O3S/c1-6(2,4-7)5(9)8-12(3,10)11/h5,8-9H,4,7H2,1-3H3. The third-order valence-corrected chi connectivity index (χ3v) is 2.24. The van der Waals surface area contributed by atoms with Gasteiger partial charge in [0.05, 0.1) is 6.26 Å². The first-order chi connectivity index (χ1) is 5.19. The summed E-state index contributed by atoms with van der Waals surface area (Å²) in [5.41, 5.74) is 4.68. The van der Waals surface area contributed by atoms with Crippen LogP contribution in [0.3, 0.4) is 0 Å². The molecule has 0 rings (SSSR count). The van der Waals surface area contributed by atoms with Crippen LogP contribution in [0.5, 0.6) is 0 Å². The van der Waals surface area contributed by atoms with E-state index in [1.54, 1.807) is 13.8 Å². The number of rotatable bonds is 4. The topological polar surface area (TPSA) is 92.4 Å². The predicted molar refractivity (Wildman–Crippen MR) is 46.8 cm³/mol. The van der Waals surface area contributed by atoms with Gasteiger partial charge in [-0.3, -0.25) is 0 Å². The van der Waals surface area contributed by atoms with Crippen molar-refractivity contribution < 1.29 is 13.5 Å². The van der Waals surface area contributed by atoms with Crippen LogP contribution >= 0.6 is 0 Å². The lowest BCUT2D eigenvalue weighted by Crippen LogP contribution is -2.47. The Bertz CT molecular complexity index is 235. The molecule has 0 aromatic rings.